The van der Waals surface area contributed by atoms with Crippen LogP contribution >= 0.6 is 11.8 Å². The molecule has 5 nitrogen and oxygen atoms in total. The topological polar surface area (TPSA) is 69.6 Å². The summed E-state index contributed by atoms with van der Waals surface area (Å²) in [6.45, 7) is 2.72. The number of carbonyl (C=O) groups excluding carboxylic acids is 1. The first kappa shape index (κ1) is 15.0. The maximum Gasteiger partial charge on any atom is 0.327 e. The van der Waals surface area contributed by atoms with Crippen molar-refractivity contribution in [2.24, 2.45) is 17.8 Å². The fourth-order valence-electron chi connectivity index (χ4n) is 3.40. The molecule has 0 spiro atoms. The molecule has 2 saturated carbocycles. The zero-order valence-electron chi connectivity index (χ0n) is 12.5. The smallest absolute Gasteiger partial charge is 0.327 e. The molecule has 2 amide bonds. The van der Waals surface area contributed by atoms with Crippen molar-refractivity contribution in [1.82, 2.24) is 10.2 Å². The molecule has 3 fully saturated rings. The number of carboxylic acid groups (broad SMARTS) is 1. The van der Waals surface area contributed by atoms with E-state index in [2.05, 4.69) is 5.32 Å². The Bertz CT molecular complexity index is 411. The quantitative estimate of drug-likeness (QED) is 0.790. The summed E-state index contributed by atoms with van der Waals surface area (Å²) in [4.78, 5) is 25.3. The second-order valence-corrected chi connectivity index (χ2v) is 7.69. The van der Waals surface area contributed by atoms with Crippen LogP contribution in [0.1, 0.15) is 39.0 Å². The number of hydrogen-bond acceptors (Lipinski definition) is 3. The molecule has 2 atom stereocenters. The highest BCUT2D eigenvalue weighted by atomic mass is 32.2. The lowest BCUT2D eigenvalue weighted by Gasteiger charge is -2.28. The van der Waals surface area contributed by atoms with E-state index in [9.17, 15) is 14.7 Å². The highest BCUT2D eigenvalue weighted by Crippen LogP contribution is 2.48. The Hall–Kier alpha value is -0.910. The largest absolute Gasteiger partial charge is 0.480 e. The van der Waals surface area contributed by atoms with Gasteiger partial charge in [-0.05, 0) is 49.9 Å². The lowest BCUT2D eigenvalue weighted by Crippen LogP contribution is -2.51. The van der Waals surface area contributed by atoms with E-state index in [0.29, 0.717) is 11.7 Å². The first-order chi connectivity index (χ1) is 10.1. The maximum absolute atomic E-state index is 12.5. The van der Waals surface area contributed by atoms with Crippen molar-refractivity contribution in [2.45, 2.75) is 50.4 Å². The maximum atomic E-state index is 12.5. The summed E-state index contributed by atoms with van der Waals surface area (Å²) in [6, 6.07) is -0.870. The molecule has 118 valence electrons. The first-order valence-corrected chi connectivity index (χ1v) is 9.07. The van der Waals surface area contributed by atoms with Gasteiger partial charge in [-0.2, -0.15) is 0 Å². The van der Waals surface area contributed by atoms with Crippen molar-refractivity contribution < 1.29 is 14.7 Å². The standard InChI is InChI=1S/C15H24N2O3S/c1-2-13-17(12(8-21-13)14(18)19)15(20)16-7-11(9-3-4-9)10-5-6-10/h9-13H,2-8H2,1H3,(H,16,20)(H,18,19). The van der Waals surface area contributed by atoms with Crippen LogP contribution < -0.4 is 5.32 Å². The van der Waals surface area contributed by atoms with Gasteiger partial charge in [0.25, 0.3) is 0 Å². The molecule has 21 heavy (non-hydrogen) atoms. The Kier molecular flexibility index (Phi) is 4.33. The Morgan fingerprint density at radius 1 is 1.29 bits per heavy atom. The minimum absolute atomic E-state index is 0.00796. The second kappa shape index (κ2) is 6.07. The SMILES string of the molecule is CCC1SCC(C(=O)O)N1C(=O)NCC(C1CC1)C1CC1. The number of thioether (sulfide) groups is 1. The Morgan fingerprint density at radius 3 is 2.38 bits per heavy atom. The van der Waals surface area contributed by atoms with Crippen LogP contribution in [0.3, 0.4) is 0 Å². The third kappa shape index (κ3) is 3.30. The van der Waals surface area contributed by atoms with E-state index >= 15 is 0 Å². The van der Waals surface area contributed by atoms with Crippen LogP contribution in [0.2, 0.25) is 0 Å². The molecule has 0 aromatic carbocycles. The van der Waals surface area contributed by atoms with Crippen LogP contribution in [0.25, 0.3) is 0 Å². The highest BCUT2D eigenvalue weighted by Gasteiger charge is 2.43. The number of nitrogens with zero attached hydrogens (tertiary/aromatic N) is 1. The molecule has 2 aliphatic carbocycles. The zero-order valence-corrected chi connectivity index (χ0v) is 13.3. The molecule has 1 aliphatic heterocycles. The van der Waals surface area contributed by atoms with Crippen LogP contribution in [-0.4, -0.2) is 45.7 Å². The average Bonchev–Trinajstić information content (AvgIpc) is 3.37. The van der Waals surface area contributed by atoms with Crippen molar-refractivity contribution in [3.8, 4) is 0 Å². The number of urea groups is 1. The van der Waals surface area contributed by atoms with Crippen LogP contribution in [-0.2, 0) is 4.79 Å². The lowest BCUT2D eigenvalue weighted by atomic mass is 9.98. The molecule has 2 N–H and O–H groups in total. The van der Waals surface area contributed by atoms with Gasteiger partial charge in [0.05, 0.1) is 5.37 Å². The first-order valence-electron chi connectivity index (χ1n) is 8.02. The molecular weight excluding hydrogens is 288 g/mol. The number of rotatable bonds is 6. The molecule has 0 aromatic heterocycles. The van der Waals surface area contributed by atoms with Gasteiger partial charge in [0.15, 0.2) is 0 Å². The fraction of sp³-hybridized carbons (Fsp3) is 0.867. The summed E-state index contributed by atoms with van der Waals surface area (Å²) in [5.74, 6) is 1.81. The van der Waals surface area contributed by atoms with Gasteiger partial charge in [-0.1, -0.05) is 6.92 Å². The van der Waals surface area contributed by atoms with Crippen molar-refractivity contribution in [3.63, 3.8) is 0 Å². The van der Waals surface area contributed by atoms with Crippen molar-refractivity contribution in [1.29, 1.82) is 0 Å². The van der Waals surface area contributed by atoms with Gasteiger partial charge in [0, 0.05) is 12.3 Å². The monoisotopic (exact) mass is 312 g/mol. The van der Waals surface area contributed by atoms with Gasteiger partial charge < -0.3 is 10.4 Å². The van der Waals surface area contributed by atoms with E-state index in [1.807, 2.05) is 6.92 Å². The summed E-state index contributed by atoms with van der Waals surface area (Å²) in [7, 11) is 0. The second-order valence-electron chi connectivity index (χ2n) is 6.48. The predicted octanol–water partition coefficient (Wildman–Crippen LogP) is 2.37. The van der Waals surface area contributed by atoms with Crippen LogP contribution in [0.5, 0.6) is 0 Å². The number of nitrogens with one attached hydrogen (secondary N) is 1. The molecule has 1 heterocycles. The Balaban J connectivity index is 1.58. The van der Waals surface area contributed by atoms with E-state index in [1.54, 1.807) is 16.7 Å². The third-order valence-corrected chi connectivity index (χ3v) is 6.36. The third-order valence-electron chi connectivity index (χ3n) is 4.91. The summed E-state index contributed by atoms with van der Waals surface area (Å²) < 4.78 is 0. The molecule has 0 bridgehead atoms. The molecular formula is C15H24N2O3S. The number of amides is 2. The van der Waals surface area contributed by atoms with Crippen molar-refractivity contribution in [3.05, 3.63) is 0 Å². The van der Waals surface area contributed by atoms with Crippen molar-refractivity contribution >= 4 is 23.8 Å². The Morgan fingerprint density at radius 2 is 1.90 bits per heavy atom. The molecule has 6 heteroatoms. The number of aliphatic carboxylic acids is 1. The van der Waals surface area contributed by atoms with Crippen LogP contribution in [0.15, 0.2) is 0 Å². The molecule has 3 rings (SSSR count). The van der Waals surface area contributed by atoms with Crippen LogP contribution in [0.4, 0.5) is 4.79 Å². The summed E-state index contributed by atoms with van der Waals surface area (Å²) in [5, 5.41) is 12.3. The molecule has 3 aliphatic rings. The van der Waals surface area contributed by atoms with E-state index in [0.717, 1.165) is 24.8 Å². The number of hydrogen-bond donors (Lipinski definition) is 2. The van der Waals surface area contributed by atoms with E-state index in [4.69, 9.17) is 0 Å². The lowest BCUT2D eigenvalue weighted by molar-refractivity contribution is -0.141. The van der Waals surface area contributed by atoms with Gasteiger partial charge in [-0.25, -0.2) is 9.59 Å². The van der Waals surface area contributed by atoms with Gasteiger partial charge in [0.1, 0.15) is 6.04 Å². The molecule has 1 saturated heterocycles. The molecule has 0 aromatic rings. The van der Waals surface area contributed by atoms with Gasteiger partial charge in [-0.3, -0.25) is 4.90 Å². The predicted molar refractivity (Wildman–Crippen MR) is 82.1 cm³/mol. The minimum Gasteiger partial charge on any atom is -0.480 e. The van der Waals surface area contributed by atoms with E-state index < -0.39 is 12.0 Å². The number of carboxylic acids is 1. The average molecular weight is 312 g/mol. The van der Waals surface area contributed by atoms with Gasteiger partial charge >= 0.3 is 12.0 Å². The van der Waals surface area contributed by atoms with Crippen LogP contribution in [0, 0.1) is 17.8 Å². The van der Waals surface area contributed by atoms with Gasteiger partial charge in [0.2, 0.25) is 0 Å². The van der Waals surface area contributed by atoms with Crippen molar-refractivity contribution in [2.75, 3.05) is 12.3 Å². The minimum atomic E-state index is -0.894. The Labute approximate surface area is 129 Å². The summed E-state index contributed by atoms with van der Waals surface area (Å²) >= 11 is 1.57. The van der Waals surface area contributed by atoms with Gasteiger partial charge in [-0.15, -0.1) is 11.8 Å². The fourth-order valence-corrected chi connectivity index (χ4v) is 4.75. The number of carbonyl (C=O) groups is 2. The normalized spacial score (nSPS) is 29.0. The molecule has 2 unspecified atom stereocenters. The summed E-state index contributed by atoms with van der Waals surface area (Å²) in [6.07, 6.45) is 5.98. The summed E-state index contributed by atoms with van der Waals surface area (Å²) in [5.41, 5.74) is 0. The van der Waals surface area contributed by atoms with E-state index in [-0.39, 0.29) is 11.4 Å². The molecule has 0 radical (unpaired) electrons. The zero-order chi connectivity index (χ0) is 15.0. The highest BCUT2D eigenvalue weighted by molar-refractivity contribution is 8.00. The van der Waals surface area contributed by atoms with E-state index in [1.165, 1.54) is 25.7 Å².